The highest BCUT2D eigenvalue weighted by atomic mass is 16.5. The second kappa shape index (κ2) is 7.34. The first-order valence-corrected chi connectivity index (χ1v) is 9.27. The molecule has 1 aromatic carbocycles. The van der Waals surface area contributed by atoms with Gasteiger partial charge in [-0.2, -0.15) is 4.98 Å². The van der Waals surface area contributed by atoms with Crippen LogP contribution in [0.15, 0.2) is 45.4 Å². The molecule has 3 aromatic rings. The molecule has 4 rings (SSSR count). The molecule has 0 saturated carbocycles. The molecular weight excluding hydrogens is 344 g/mol. The van der Waals surface area contributed by atoms with Gasteiger partial charge in [0.25, 0.3) is 5.91 Å². The summed E-state index contributed by atoms with van der Waals surface area (Å²) in [5.41, 5.74) is 1.22. The average Bonchev–Trinajstić information content (AvgIpc) is 3.41. The third-order valence-electron chi connectivity index (χ3n) is 4.66. The Balaban J connectivity index is 1.53. The molecule has 7 nitrogen and oxygen atoms in total. The van der Waals surface area contributed by atoms with Crippen LogP contribution in [0.25, 0.3) is 11.4 Å². The summed E-state index contributed by atoms with van der Waals surface area (Å²) >= 11 is 0. The van der Waals surface area contributed by atoms with Crippen molar-refractivity contribution in [1.29, 1.82) is 0 Å². The van der Waals surface area contributed by atoms with Crippen molar-refractivity contribution in [2.24, 2.45) is 5.92 Å². The van der Waals surface area contributed by atoms with Crippen LogP contribution >= 0.6 is 0 Å². The van der Waals surface area contributed by atoms with Crippen molar-refractivity contribution in [1.82, 2.24) is 20.2 Å². The van der Waals surface area contributed by atoms with Crippen LogP contribution in [0.1, 0.15) is 54.9 Å². The number of rotatable bonds is 5. The molecule has 0 radical (unpaired) electrons. The van der Waals surface area contributed by atoms with Gasteiger partial charge in [0.15, 0.2) is 5.69 Å². The van der Waals surface area contributed by atoms with Gasteiger partial charge in [-0.05, 0) is 18.8 Å². The number of hydrogen-bond acceptors (Lipinski definition) is 6. The highest BCUT2D eigenvalue weighted by Gasteiger charge is 2.35. The SMILES string of the molecule is CC(C)Cc1cc(C(=O)N2CCCC2c2nc(-c3ccccc3)no2)no1. The molecule has 1 amide bonds. The van der Waals surface area contributed by atoms with E-state index in [9.17, 15) is 4.79 Å². The van der Waals surface area contributed by atoms with E-state index in [-0.39, 0.29) is 11.9 Å². The minimum atomic E-state index is -0.229. The first-order chi connectivity index (χ1) is 13.1. The molecule has 2 aromatic heterocycles. The highest BCUT2D eigenvalue weighted by molar-refractivity contribution is 5.92. The number of carbonyl (C=O) groups is 1. The monoisotopic (exact) mass is 366 g/mol. The molecule has 27 heavy (non-hydrogen) atoms. The lowest BCUT2D eigenvalue weighted by molar-refractivity contribution is 0.0699. The second-order valence-electron chi connectivity index (χ2n) is 7.26. The van der Waals surface area contributed by atoms with Gasteiger partial charge in [0.1, 0.15) is 11.8 Å². The van der Waals surface area contributed by atoms with E-state index in [4.69, 9.17) is 9.05 Å². The summed E-state index contributed by atoms with van der Waals surface area (Å²) in [5.74, 6) is 2.01. The molecule has 1 atom stereocenters. The van der Waals surface area contributed by atoms with E-state index < -0.39 is 0 Å². The smallest absolute Gasteiger partial charge is 0.276 e. The van der Waals surface area contributed by atoms with Crippen LogP contribution in [0.3, 0.4) is 0 Å². The van der Waals surface area contributed by atoms with Gasteiger partial charge in [0, 0.05) is 24.6 Å². The van der Waals surface area contributed by atoms with Gasteiger partial charge in [-0.1, -0.05) is 54.5 Å². The first kappa shape index (κ1) is 17.5. The number of hydrogen-bond donors (Lipinski definition) is 0. The van der Waals surface area contributed by atoms with E-state index in [0.717, 1.165) is 30.6 Å². The fourth-order valence-electron chi connectivity index (χ4n) is 3.40. The standard InChI is InChI=1S/C20H22N4O3/c1-13(2)11-15-12-16(22-26-15)20(25)24-10-6-9-17(24)19-21-18(23-27-19)14-7-4-3-5-8-14/h3-5,7-8,12-13,17H,6,9-11H2,1-2H3. The number of carbonyl (C=O) groups excluding carboxylic acids is 1. The summed E-state index contributed by atoms with van der Waals surface area (Å²) in [6.07, 6.45) is 2.43. The molecule has 1 saturated heterocycles. The lowest BCUT2D eigenvalue weighted by Crippen LogP contribution is -2.31. The first-order valence-electron chi connectivity index (χ1n) is 9.27. The van der Waals surface area contributed by atoms with Crippen molar-refractivity contribution in [3.05, 3.63) is 53.7 Å². The van der Waals surface area contributed by atoms with E-state index in [0.29, 0.717) is 29.9 Å². The van der Waals surface area contributed by atoms with E-state index in [1.807, 2.05) is 30.3 Å². The van der Waals surface area contributed by atoms with Crippen LogP contribution in [0.2, 0.25) is 0 Å². The second-order valence-corrected chi connectivity index (χ2v) is 7.26. The maximum absolute atomic E-state index is 12.9. The Hall–Kier alpha value is -2.96. The van der Waals surface area contributed by atoms with Crippen LogP contribution in [-0.4, -0.2) is 32.6 Å². The molecule has 7 heteroatoms. The summed E-state index contributed by atoms with van der Waals surface area (Å²) in [6.45, 7) is 4.83. The maximum Gasteiger partial charge on any atom is 0.276 e. The Bertz CT molecular complexity index is 916. The van der Waals surface area contributed by atoms with Crippen molar-refractivity contribution in [3.8, 4) is 11.4 Å². The van der Waals surface area contributed by atoms with Gasteiger partial charge in [-0.15, -0.1) is 0 Å². The third-order valence-corrected chi connectivity index (χ3v) is 4.66. The van der Waals surface area contributed by atoms with Crippen LogP contribution in [0.5, 0.6) is 0 Å². The minimum absolute atomic E-state index is 0.157. The molecule has 0 N–H and O–H groups in total. The van der Waals surface area contributed by atoms with E-state index >= 15 is 0 Å². The number of amides is 1. The number of aromatic nitrogens is 3. The Kier molecular flexibility index (Phi) is 4.75. The highest BCUT2D eigenvalue weighted by Crippen LogP contribution is 2.33. The average molecular weight is 366 g/mol. The van der Waals surface area contributed by atoms with Gasteiger partial charge < -0.3 is 13.9 Å². The molecule has 3 heterocycles. The molecule has 0 bridgehead atoms. The fraction of sp³-hybridized carbons (Fsp3) is 0.400. The van der Waals surface area contributed by atoms with Crippen molar-refractivity contribution >= 4 is 5.91 Å². The van der Waals surface area contributed by atoms with Gasteiger partial charge >= 0.3 is 0 Å². The molecular formula is C20H22N4O3. The summed E-state index contributed by atoms with van der Waals surface area (Å²) in [4.78, 5) is 19.2. The molecule has 1 unspecified atom stereocenters. The summed E-state index contributed by atoms with van der Waals surface area (Å²) in [7, 11) is 0. The normalized spacial score (nSPS) is 17.0. The Morgan fingerprint density at radius 2 is 2.04 bits per heavy atom. The molecule has 140 valence electrons. The molecule has 0 spiro atoms. The topological polar surface area (TPSA) is 85.3 Å². The quantitative estimate of drug-likeness (QED) is 0.681. The van der Waals surface area contributed by atoms with E-state index in [2.05, 4.69) is 29.1 Å². The van der Waals surface area contributed by atoms with Crippen LogP contribution in [-0.2, 0) is 6.42 Å². The number of nitrogens with zero attached hydrogens (tertiary/aromatic N) is 4. The van der Waals surface area contributed by atoms with E-state index in [1.165, 1.54) is 0 Å². The molecule has 1 fully saturated rings. The lowest BCUT2D eigenvalue weighted by Gasteiger charge is -2.20. The zero-order valence-corrected chi connectivity index (χ0v) is 15.5. The Morgan fingerprint density at radius 1 is 1.22 bits per heavy atom. The Labute approximate surface area is 157 Å². The number of benzene rings is 1. The predicted molar refractivity (Wildman–Crippen MR) is 97.8 cm³/mol. The van der Waals surface area contributed by atoms with Crippen molar-refractivity contribution in [2.45, 2.75) is 39.2 Å². The van der Waals surface area contributed by atoms with Crippen molar-refractivity contribution in [2.75, 3.05) is 6.54 Å². The zero-order valence-electron chi connectivity index (χ0n) is 15.5. The fourth-order valence-corrected chi connectivity index (χ4v) is 3.40. The van der Waals surface area contributed by atoms with Gasteiger partial charge in [-0.3, -0.25) is 4.79 Å². The predicted octanol–water partition coefficient (Wildman–Crippen LogP) is 3.90. The minimum Gasteiger partial charge on any atom is -0.361 e. The van der Waals surface area contributed by atoms with Crippen molar-refractivity contribution < 1.29 is 13.8 Å². The third kappa shape index (κ3) is 3.63. The van der Waals surface area contributed by atoms with Gasteiger partial charge in [0.05, 0.1) is 0 Å². The summed E-state index contributed by atoms with van der Waals surface area (Å²) in [5, 5.41) is 8.04. The largest absolute Gasteiger partial charge is 0.361 e. The summed E-state index contributed by atoms with van der Waals surface area (Å²) < 4.78 is 10.8. The molecule has 0 aliphatic carbocycles. The van der Waals surface area contributed by atoms with E-state index in [1.54, 1.807) is 11.0 Å². The van der Waals surface area contributed by atoms with Gasteiger partial charge in [-0.25, -0.2) is 0 Å². The molecule has 1 aliphatic heterocycles. The summed E-state index contributed by atoms with van der Waals surface area (Å²) in [6, 6.07) is 11.2. The maximum atomic E-state index is 12.9. The number of likely N-dealkylation sites (tertiary alicyclic amines) is 1. The molecule has 1 aliphatic rings. The zero-order chi connectivity index (χ0) is 18.8. The lowest BCUT2D eigenvalue weighted by atomic mass is 10.1. The van der Waals surface area contributed by atoms with Crippen LogP contribution < -0.4 is 0 Å². The van der Waals surface area contributed by atoms with Gasteiger partial charge in [0.2, 0.25) is 11.7 Å². The van der Waals surface area contributed by atoms with Crippen LogP contribution in [0, 0.1) is 5.92 Å². The Morgan fingerprint density at radius 3 is 2.81 bits per heavy atom. The van der Waals surface area contributed by atoms with Crippen molar-refractivity contribution in [3.63, 3.8) is 0 Å². The van der Waals surface area contributed by atoms with Crippen LogP contribution in [0.4, 0.5) is 0 Å².